The number of fused-ring (bicyclic) bond motifs is 1. The predicted molar refractivity (Wildman–Crippen MR) is 114 cm³/mol. The molecule has 0 aromatic carbocycles. The van der Waals surface area contributed by atoms with Crippen molar-refractivity contribution < 1.29 is 63.4 Å². The van der Waals surface area contributed by atoms with Crippen LogP contribution in [0.5, 0.6) is 0 Å². The van der Waals surface area contributed by atoms with Crippen LogP contribution < -0.4 is 45.7 Å². The number of carboxylic acid groups (broad SMARTS) is 1. The van der Waals surface area contributed by atoms with Gasteiger partial charge in [-0.15, -0.1) is 34.9 Å². The summed E-state index contributed by atoms with van der Waals surface area (Å²) in [5.74, 6) is -3.04. The van der Waals surface area contributed by atoms with Gasteiger partial charge in [-0.2, -0.15) is 0 Å². The van der Waals surface area contributed by atoms with E-state index >= 15 is 0 Å². The molecule has 16 heteroatoms. The third kappa shape index (κ3) is 5.02. The molecule has 33 heavy (non-hydrogen) atoms. The fraction of sp³-hybridized carbons (Fsp3) is 0.412. The number of oxime groups is 1. The Kier molecular flexibility index (Phi) is 8.34. The number of aromatic nitrogens is 1. The summed E-state index contributed by atoms with van der Waals surface area (Å²) in [4.78, 5) is 59.2. The molecule has 0 aliphatic carbocycles. The predicted octanol–water partition coefficient (Wildman–Crippen LogP) is -4.51. The summed E-state index contributed by atoms with van der Waals surface area (Å²) in [7, 11) is 1.26. The van der Waals surface area contributed by atoms with E-state index in [1.165, 1.54) is 24.3 Å². The largest absolute Gasteiger partial charge is 1.00 e. The molecule has 2 saturated heterocycles. The van der Waals surface area contributed by atoms with Crippen LogP contribution in [0, 0.1) is 0 Å². The zero-order valence-electron chi connectivity index (χ0n) is 17.4. The van der Waals surface area contributed by atoms with Gasteiger partial charge in [0.25, 0.3) is 11.8 Å². The van der Waals surface area contributed by atoms with Gasteiger partial charge in [0.1, 0.15) is 29.5 Å². The molecule has 2 amide bonds. The Morgan fingerprint density at radius 1 is 1.45 bits per heavy atom. The van der Waals surface area contributed by atoms with E-state index in [0.717, 1.165) is 28.0 Å². The number of nitrogens with one attached hydrogen (secondary N) is 1. The fourth-order valence-corrected chi connectivity index (χ4v) is 6.56. The third-order valence-corrected chi connectivity index (χ3v) is 8.22. The van der Waals surface area contributed by atoms with Gasteiger partial charge in [0, 0.05) is 22.5 Å². The van der Waals surface area contributed by atoms with Gasteiger partial charge in [-0.3, -0.25) is 19.3 Å². The molecule has 0 radical (unpaired) electrons. The number of rotatable bonds is 7. The van der Waals surface area contributed by atoms with Crippen molar-refractivity contribution in [3.8, 4) is 0 Å². The van der Waals surface area contributed by atoms with Gasteiger partial charge in [-0.1, -0.05) is 5.16 Å². The quantitative estimate of drug-likeness (QED) is 0.116. The van der Waals surface area contributed by atoms with Crippen molar-refractivity contribution in [2.24, 2.45) is 5.16 Å². The maximum absolute atomic E-state index is 12.8. The van der Waals surface area contributed by atoms with Gasteiger partial charge in [0.05, 0.1) is 18.3 Å². The number of hydrogen-bond donors (Lipinski definition) is 2. The molecule has 3 aliphatic rings. The van der Waals surface area contributed by atoms with Crippen molar-refractivity contribution in [1.82, 2.24) is 15.2 Å². The molecule has 0 spiro atoms. The van der Waals surface area contributed by atoms with Crippen LogP contribution in [0.15, 0.2) is 21.1 Å². The number of anilines is 1. The monoisotopic (exact) mass is 521 g/mol. The van der Waals surface area contributed by atoms with Crippen molar-refractivity contribution >= 4 is 69.5 Å². The van der Waals surface area contributed by atoms with Gasteiger partial charge in [-0.25, -0.2) is 4.98 Å². The number of cyclic esters (lactones) is 1. The van der Waals surface area contributed by atoms with Crippen molar-refractivity contribution in [1.29, 1.82) is 0 Å². The second-order valence-electron chi connectivity index (χ2n) is 6.68. The van der Waals surface area contributed by atoms with Crippen LogP contribution in [0.3, 0.4) is 0 Å². The Bertz CT molecular complexity index is 1060. The first-order chi connectivity index (χ1) is 15.3. The second-order valence-corrected chi connectivity index (χ2v) is 9.97. The summed E-state index contributed by atoms with van der Waals surface area (Å²) in [6.07, 6.45) is 0.455. The first-order valence-corrected chi connectivity index (χ1v) is 12.0. The number of hydrogen-bond acceptors (Lipinski definition) is 13. The number of aliphatic carboxylic acids is 1. The van der Waals surface area contributed by atoms with Crippen molar-refractivity contribution in [3.05, 3.63) is 21.7 Å². The number of ether oxygens (including phenoxy) is 1. The minimum Gasteiger partial charge on any atom is -0.543 e. The smallest absolute Gasteiger partial charge is 0.543 e. The Hall–Kier alpha value is -1.78. The Morgan fingerprint density at radius 2 is 2.21 bits per heavy atom. The van der Waals surface area contributed by atoms with E-state index < -0.39 is 40.4 Å². The molecule has 1 aromatic rings. The molecule has 1 aromatic heterocycles. The van der Waals surface area contributed by atoms with E-state index in [1.54, 1.807) is 0 Å². The van der Waals surface area contributed by atoms with Gasteiger partial charge in [0.15, 0.2) is 10.8 Å². The Labute approximate surface area is 222 Å². The van der Waals surface area contributed by atoms with Crippen LogP contribution in [-0.2, 0) is 28.8 Å². The maximum Gasteiger partial charge on any atom is 1.00 e. The number of β-lactam (4-membered cyclic amide) rings is 1. The van der Waals surface area contributed by atoms with E-state index in [1.807, 2.05) is 0 Å². The molecule has 1 unspecified atom stereocenters. The average Bonchev–Trinajstić information content (AvgIpc) is 3.37. The Balaban J connectivity index is 0.00000306. The maximum atomic E-state index is 12.8. The summed E-state index contributed by atoms with van der Waals surface area (Å²) in [6, 6.07) is -0.983. The standard InChI is InChI=1S/C17H17N5O7S3.Na/c1-28-21-9(6-4-31-17(18)19-6)12(23)20-10-13(24)22-11(15(25)26)8(5-30-14(10)22)32-7-2-3-29-16(7)27;/h4,7,10,14H,2-3,5H2,1H3,(H2,18,19)(H,20,23)(H,25,26);/q;+1/p-1/b21-9-;/t7?,10-,14+;/m1./s1. The van der Waals surface area contributed by atoms with Crippen molar-refractivity contribution in [2.75, 3.05) is 25.2 Å². The minimum atomic E-state index is -1.53. The molecule has 3 N–H and O–H groups in total. The minimum absolute atomic E-state index is 0. The first-order valence-electron chi connectivity index (χ1n) is 9.17. The number of thiazole rings is 1. The molecule has 2 fully saturated rings. The fourth-order valence-electron chi connectivity index (χ4n) is 3.33. The summed E-state index contributed by atoms with van der Waals surface area (Å²) in [5.41, 5.74) is 5.33. The van der Waals surface area contributed by atoms with E-state index in [-0.39, 0.29) is 64.2 Å². The number of carboxylic acids is 1. The summed E-state index contributed by atoms with van der Waals surface area (Å²) in [5, 5.41) is 18.6. The van der Waals surface area contributed by atoms with Gasteiger partial charge in [-0.05, 0) is 0 Å². The molecule has 0 bridgehead atoms. The molecule has 170 valence electrons. The number of nitrogens with two attached hydrogens (primary N) is 1. The van der Waals surface area contributed by atoms with Gasteiger partial charge >= 0.3 is 35.5 Å². The van der Waals surface area contributed by atoms with Gasteiger partial charge in [0.2, 0.25) is 0 Å². The Morgan fingerprint density at radius 3 is 2.79 bits per heavy atom. The van der Waals surface area contributed by atoms with Crippen LogP contribution >= 0.6 is 34.9 Å². The zero-order chi connectivity index (χ0) is 23.0. The normalized spacial score (nSPS) is 24.5. The van der Waals surface area contributed by atoms with Crippen LogP contribution in [0.2, 0.25) is 0 Å². The van der Waals surface area contributed by atoms with E-state index in [2.05, 4.69) is 15.5 Å². The number of nitrogen functional groups attached to an aromatic ring is 1. The molecular weight excluding hydrogens is 505 g/mol. The van der Waals surface area contributed by atoms with Gasteiger partial charge < -0.3 is 30.5 Å². The second kappa shape index (κ2) is 10.7. The van der Waals surface area contributed by atoms with Crippen LogP contribution in [-0.4, -0.2) is 75.5 Å². The molecule has 3 atom stereocenters. The summed E-state index contributed by atoms with van der Waals surface area (Å²) in [6.45, 7) is 0.271. The summed E-state index contributed by atoms with van der Waals surface area (Å²) < 4.78 is 4.91. The van der Waals surface area contributed by atoms with E-state index in [4.69, 9.17) is 15.3 Å². The van der Waals surface area contributed by atoms with Crippen molar-refractivity contribution in [3.63, 3.8) is 0 Å². The molecular formula is C17H16N5NaO7S3. The van der Waals surface area contributed by atoms with Crippen LogP contribution in [0.1, 0.15) is 12.1 Å². The third-order valence-electron chi connectivity index (χ3n) is 4.75. The number of carbonyl (C=O) groups excluding carboxylic acids is 4. The van der Waals surface area contributed by atoms with E-state index in [9.17, 15) is 24.3 Å². The average molecular weight is 522 g/mol. The number of amides is 2. The topological polar surface area (TPSA) is 176 Å². The number of nitrogens with zero attached hydrogens (tertiary/aromatic N) is 3. The number of carbonyl (C=O) groups is 4. The van der Waals surface area contributed by atoms with Crippen LogP contribution in [0.25, 0.3) is 0 Å². The van der Waals surface area contributed by atoms with Crippen LogP contribution in [0.4, 0.5) is 5.13 Å². The van der Waals surface area contributed by atoms with E-state index in [0.29, 0.717) is 11.3 Å². The first kappa shape index (κ1) is 25.8. The molecule has 0 saturated carbocycles. The van der Waals surface area contributed by atoms with Crippen molar-refractivity contribution in [2.45, 2.75) is 23.1 Å². The summed E-state index contributed by atoms with van der Waals surface area (Å²) >= 11 is 3.45. The number of thioether (sulfide) groups is 2. The molecule has 12 nitrogen and oxygen atoms in total. The molecule has 4 rings (SSSR count). The molecule has 4 heterocycles. The number of esters is 1. The molecule has 3 aliphatic heterocycles. The zero-order valence-corrected chi connectivity index (χ0v) is 21.9. The SMILES string of the molecule is CO/N=C(\C(=O)N[C@@H]1C(=O)N2C(C(=O)[O-])=C(SC3CCOC3=O)CS[C@@H]12)c1csc(N)n1.[Na+].